The first-order chi connectivity index (χ1) is 7.58. The van der Waals surface area contributed by atoms with Crippen molar-refractivity contribution in [3.05, 3.63) is 35.9 Å². The molecule has 0 unspecified atom stereocenters. The van der Waals surface area contributed by atoms with Crippen LogP contribution in [-0.2, 0) is 11.3 Å². The summed E-state index contributed by atoms with van der Waals surface area (Å²) in [5.41, 5.74) is 1.29. The molecule has 86 valence electrons. The Hall–Kier alpha value is -1.35. The highest BCUT2D eigenvalue weighted by Gasteiger charge is 2.32. The van der Waals surface area contributed by atoms with Crippen LogP contribution in [0.2, 0.25) is 0 Å². The highest BCUT2D eigenvalue weighted by atomic mass is 16.2. The number of hydrogen-bond donors (Lipinski definition) is 1. The number of carbonyl (C=O) groups is 1. The zero-order chi connectivity index (χ0) is 11.6. The molecule has 1 aromatic carbocycles. The van der Waals surface area contributed by atoms with Crippen LogP contribution in [0.3, 0.4) is 0 Å². The summed E-state index contributed by atoms with van der Waals surface area (Å²) in [6.45, 7) is 6.37. The van der Waals surface area contributed by atoms with E-state index >= 15 is 0 Å². The van der Waals surface area contributed by atoms with Gasteiger partial charge in [-0.1, -0.05) is 30.3 Å². The molecule has 1 heterocycles. The third kappa shape index (κ3) is 2.42. The molecule has 1 saturated heterocycles. The summed E-state index contributed by atoms with van der Waals surface area (Å²) in [6.07, 6.45) is 0. The lowest BCUT2D eigenvalue weighted by atomic mass is 9.99. The van der Waals surface area contributed by atoms with Gasteiger partial charge in [-0.3, -0.25) is 9.69 Å². The summed E-state index contributed by atoms with van der Waals surface area (Å²) in [5, 5.41) is 2.91. The topological polar surface area (TPSA) is 32.3 Å². The van der Waals surface area contributed by atoms with Gasteiger partial charge in [-0.25, -0.2) is 0 Å². The lowest BCUT2D eigenvalue weighted by Crippen LogP contribution is -2.59. The largest absolute Gasteiger partial charge is 0.353 e. The molecule has 0 aromatic heterocycles. The lowest BCUT2D eigenvalue weighted by Gasteiger charge is -2.42. The number of nitrogens with zero attached hydrogens (tertiary/aromatic N) is 1. The molecule has 1 amide bonds. The fraction of sp³-hybridized carbons (Fsp3) is 0.462. The molecule has 0 saturated carbocycles. The lowest BCUT2D eigenvalue weighted by molar-refractivity contribution is -0.128. The molecule has 3 heteroatoms. The Morgan fingerprint density at radius 2 is 2.00 bits per heavy atom. The van der Waals surface area contributed by atoms with E-state index in [-0.39, 0.29) is 11.4 Å². The van der Waals surface area contributed by atoms with Crippen LogP contribution >= 0.6 is 0 Å². The molecular formula is C13H18N2O. The first kappa shape index (κ1) is 11.1. The van der Waals surface area contributed by atoms with Crippen LogP contribution in [0, 0.1) is 0 Å². The summed E-state index contributed by atoms with van der Waals surface area (Å²) in [5.74, 6) is 0.121. The number of piperazine rings is 1. The third-order valence-corrected chi connectivity index (χ3v) is 3.12. The Bertz CT molecular complexity index is 373. The molecule has 1 N–H and O–H groups in total. The van der Waals surface area contributed by atoms with Crippen LogP contribution in [0.1, 0.15) is 19.4 Å². The smallest absolute Gasteiger partial charge is 0.234 e. The van der Waals surface area contributed by atoms with Crippen molar-refractivity contribution in [1.29, 1.82) is 0 Å². The standard InChI is InChI=1S/C13H18N2O/c1-13(2)10-14-12(16)9-15(13)8-11-6-4-3-5-7-11/h3-7H,8-10H2,1-2H3,(H,14,16). The number of carbonyl (C=O) groups excluding carboxylic acids is 1. The van der Waals surface area contributed by atoms with Gasteiger partial charge in [0.1, 0.15) is 0 Å². The Balaban J connectivity index is 2.10. The van der Waals surface area contributed by atoms with Crippen molar-refractivity contribution in [1.82, 2.24) is 10.2 Å². The monoisotopic (exact) mass is 218 g/mol. The van der Waals surface area contributed by atoms with E-state index in [0.29, 0.717) is 6.54 Å². The van der Waals surface area contributed by atoms with E-state index in [1.165, 1.54) is 5.56 Å². The Labute approximate surface area is 96.5 Å². The molecule has 1 aliphatic heterocycles. The van der Waals surface area contributed by atoms with E-state index in [1.54, 1.807) is 0 Å². The van der Waals surface area contributed by atoms with Crippen LogP contribution in [0.5, 0.6) is 0 Å². The summed E-state index contributed by atoms with van der Waals surface area (Å²) >= 11 is 0. The van der Waals surface area contributed by atoms with Crippen molar-refractivity contribution in [3.8, 4) is 0 Å². The van der Waals surface area contributed by atoms with Gasteiger partial charge in [-0.2, -0.15) is 0 Å². The molecule has 1 aliphatic rings. The van der Waals surface area contributed by atoms with Crippen molar-refractivity contribution in [2.24, 2.45) is 0 Å². The maximum Gasteiger partial charge on any atom is 0.234 e. The van der Waals surface area contributed by atoms with E-state index in [4.69, 9.17) is 0 Å². The fourth-order valence-electron chi connectivity index (χ4n) is 1.94. The van der Waals surface area contributed by atoms with Crippen molar-refractivity contribution in [2.75, 3.05) is 13.1 Å². The molecule has 0 radical (unpaired) electrons. The summed E-state index contributed by atoms with van der Waals surface area (Å²) in [7, 11) is 0. The van der Waals surface area contributed by atoms with Gasteiger partial charge in [0.05, 0.1) is 6.54 Å². The maximum absolute atomic E-state index is 11.4. The van der Waals surface area contributed by atoms with Gasteiger partial charge in [0, 0.05) is 18.6 Å². The number of rotatable bonds is 2. The molecule has 0 bridgehead atoms. The first-order valence-corrected chi connectivity index (χ1v) is 5.64. The molecule has 1 fully saturated rings. The van der Waals surface area contributed by atoms with Crippen molar-refractivity contribution < 1.29 is 4.79 Å². The van der Waals surface area contributed by atoms with Crippen LogP contribution in [0.25, 0.3) is 0 Å². The highest BCUT2D eigenvalue weighted by Crippen LogP contribution is 2.19. The molecule has 16 heavy (non-hydrogen) atoms. The van der Waals surface area contributed by atoms with E-state index in [0.717, 1.165) is 13.1 Å². The van der Waals surface area contributed by atoms with Crippen LogP contribution in [0.15, 0.2) is 30.3 Å². The van der Waals surface area contributed by atoms with Gasteiger partial charge in [-0.05, 0) is 19.4 Å². The van der Waals surface area contributed by atoms with E-state index < -0.39 is 0 Å². The average molecular weight is 218 g/mol. The van der Waals surface area contributed by atoms with Crippen molar-refractivity contribution >= 4 is 5.91 Å². The van der Waals surface area contributed by atoms with Gasteiger partial charge >= 0.3 is 0 Å². The molecule has 1 aromatic rings. The van der Waals surface area contributed by atoms with Crippen molar-refractivity contribution in [2.45, 2.75) is 25.9 Å². The summed E-state index contributed by atoms with van der Waals surface area (Å²) in [6, 6.07) is 10.3. The van der Waals surface area contributed by atoms with Crippen LogP contribution in [0.4, 0.5) is 0 Å². The molecular weight excluding hydrogens is 200 g/mol. The van der Waals surface area contributed by atoms with Gasteiger partial charge in [0.25, 0.3) is 0 Å². The summed E-state index contributed by atoms with van der Waals surface area (Å²) in [4.78, 5) is 13.6. The minimum Gasteiger partial charge on any atom is -0.353 e. The minimum absolute atomic E-state index is 0.0315. The summed E-state index contributed by atoms with van der Waals surface area (Å²) < 4.78 is 0. The Morgan fingerprint density at radius 1 is 1.31 bits per heavy atom. The fourth-order valence-corrected chi connectivity index (χ4v) is 1.94. The molecule has 0 aliphatic carbocycles. The van der Waals surface area contributed by atoms with E-state index in [9.17, 15) is 4.79 Å². The third-order valence-electron chi connectivity index (χ3n) is 3.12. The predicted molar refractivity (Wildman–Crippen MR) is 63.9 cm³/mol. The Kier molecular flexibility index (Phi) is 2.97. The normalized spacial score (nSPS) is 20.5. The van der Waals surface area contributed by atoms with Gasteiger partial charge in [0.2, 0.25) is 5.91 Å². The van der Waals surface area contributed by atoms with Gasteiger partial charge in [0.15, 0.2) is 0 Å². The average Bonchev–Trinajstić information content (AvgIpc) is 2.26. The zero-order valence-electron chi connectivity index (χ0n) is 9.86. The number of amides is 1. The van der Waals surface area contributed by atoms with Crippen LogP contribution in [-0.4, -0.2) is 29.4 Å². The molecule has 0 spiro atoms. The zero-order valence-corrected chi connectivity index (χ0v) is 9.86. The Morgan fingerprint density at radius 3 is 2.69 bits per heavy atom. The minimum atomic E-state index is 0.0315. The second-order valence-corrected chi connectivity index (χ2v) is 4.93. The SMILES string of the molecule is CC1(C)CNC(=O)CN1Cc1ccccc1. The second-order valence-electron chi connectivity index (χ2n) is 4.93. The second kappa shape index (κ2) is 4.26. The van der Waals surface area contributed by atoms with Gasteiger partial charge in [-0.15, -0.1) is 0 Å². The molecule has 0 atom stereocenters. The number of benzene rings is 1. The van der Waals surface area contributed by atoms with E-state index in [2.05, 4.69) is 36.2 Å². The highest BCUT2D eigenvalue weighted by molar-refractivity contribution is 5.79. The van der Waals surface area contributed by atoms with Gasteiger partial charge < -0.3 is 5.32 Å². The van der Waals surface area contributed by atoms with Crippen LogP contribution < -0.4 is 5.32 Å². The molecule has 3 nitrogen and oxygen atoms in total. The van der Waals surface area contributed by atoms with E-state index in [1.807, 2.05) is 18.2 Å². The first-order valence-electron chi connectivity index (χ1n) is 5.64. The quantitative estimate of drug-likeness (QED) is 0.813. The number of nitrogens with one attached hydrogen (secondary N) is 1. The maximum atomic E-state index is 11.4. The molecule has 2 rings (SSSR count). The number of hydrogen-bond acceptors (Lipinski definition) is 2. The van der Waals surface area contributed by atoms with Crippen molar-refractivity contribution in [3.63, 3.8) is 0 Å². The predicted octanol–water partition coefficient (Wildman–Crippen LogP) is 1.40.